The van der Waals surface area contributed by atoms with Crippen LogP contribution < -0.4 is 0 Å². The largest absolute Gasteiger partial charge is 0.308 e. The van der Waals surface area contributed by atoms with Crippen molar-refractivity contribution in [3.8, 4) is 50.6 Å². The number of pyridine rings is 4. The molecule has 6 aromatic heterocycles. The third-order valence-electron chi connectivity index (χ3n) is 9.37. The Labute approximate surface area is 291 Å². The molecule has 0 aliphatic heterocycles. The summed E-state index contributed by atoms with van der Waals surface area (Å²) >= 11 is 1.84. The number of fused-ring (bicyclic) bond motifs is 6. The number of benzene rings is 4. The fourth-order valence-electron chi connectivity index (χ4n) is 6.97. The van der Waals surface area contributed by atoms with Crippen molar-refractivity contribution in [1.82, 2.24) is 24.5 Å². The maximum Gasteiger partial charge on any atom is 0.0971 e. The Morgan fingerprint density at radius 3 is 1.90 bits per heavy atom. The number of rotatable bonds is 5. The van der Waals surface area contributed by atoms with Crippen molar-refractivity contribution in [2.75, 3.05) is 0 Å². The first-order chi connectivity index (χ1) is 24.8. The van der Waals surface area contributed by atoms with Gasteiger partial charge >= 0.3 is 0 Å². The maximum atomic E-state index is 5.30. The van der Waals surface area contributed by atoms with Crippen LogP contribution in [0.2, 0.25) is 0 Å². The molecule has 10 rings (SSSR count). The molecule has 0 aliphatic rings. The molecule has 0 saturated heterocycles. The van der Waals surface area contributed by atoms with Crippen molar-refractivity contribution in [3.05, 3.63) is 164 Å². The Morgan fingerprint density at radius 1 is 0.420 bits per heavy atom. The molecule has 0 atom stereocenters. The zero-order valence-corrected chi connectivity index (χ0v) is 27.5. The molecule has 234 valence electrons. The molecule has 6 heteroatoms. The number of thiophene rings is 1. The fourth-order valence-corrected chi connectivity index (χ4v) is 8.09. The fraction of sp³-hybridized carbons (Fsp3) is 0. The minimum atomic E-state index is 0.869. The molecule has 0 radical (unpaired) electrons. The molecule has 0 spiro atoms. The van der Waals surface area contributed by atoms with Crippen LogP contribution in [0.15, 0.2) is 164 Å². The highest BCUT2D eigenvalue weighted by molar-refractivity contribution is 7.25. The van der Waals surface area contributed by atoms with Gasteiger partial charge in [0, 0.05) is 78.3 Å². The molecule has 0 bridgehead atoms. The van der Waals surface area contributed by atoms with Crippen molar-refractivity contribution in [2.45, 2.75) is 0 Å². The summed E-state index contributed by atoms with van der Waals surface area (Å²) in [6.07, 6.45) is 7.33. The summed E-state index contributed by atoms with van der Waals surface area (Å²) in [5.41, 5.74) is 12.2. The first-order valence-electron chi connectivity index (χ1n) is 16.5. The van der Waals surface area contributed by atoms with Gasteiger partial charge in [-0.05, 0) is 78.4 Å². The zero-order valence-electron chi connectivity index (χ0n) is 26.7. The van der Waals surface area contributed by atoms with Crippen LogP contribution in [0.4, 0.5) is 0 Å². The van der Waals surface area contributed by atoms with Gasteiger partial charge in [0.15, 0.2) is 0 Å². The van der Waals surface area contributed by atoms with Crippen molar-refractivity contribution in [2.24, 2.45) is 0 Å². The average molecular weight is 658 g/mol. The summed E-state index contributed by atoms with van der Waals surface area (Å²) in [5, 5.41) is 3.69. The summed E-state index contributed by atoms with van der Waals surface area (Å²) < 4.78 is 4.91. The molecule has 0 aliphatic carbocycles. The Bertz CT molecular complexity index is 2780. The molecule has 6 heterocycles. The van der Waals surface area contributed by atoms with E-state index in [1.54, 1.807) is 12.4 Å². The molecule has 10 aromatic rings. The smallest absolute Gasteiger partial charge is 0.0971 e. The number of aromatic nitrogens is 5. The van der Waals surface area contributed by atoms with Gasteiger partial charge in [-0.25, -0.2) is 9.97 Å². The van der Waals surface area contributed by atoms with Crippen LogP contribution in [-0.4, -0.2) is 24.5 Å². The van der Waals surface area contributed by atoms with Gasteiger partial charge in [0.05, 0.1) is 33.6 Å². The molecular weight excluding hydrogens is 631 g/mol. The minimum absolute atomic E-state index is 0.869. The first-order valence-corrected chi connectivity index (χ1v) is 17.3. The number of nitrogens with zero attached hydrogens (tertiary/aromatic N) is 5. The van der Waals surface area contributed by atoms with Gasteiger partial charge in [0.2, 0.25) is 0 Å². The normalized spacial score (nSPS) is 11.6. The van der Waals surface area contributed by atoms with E-state index in [1.165, 1.54) is 20.2 Å². The van der Waals surface area contributed by atoms with Crippen LogP contribution in [0.1, 0.15) is 0 Å². The van der Waals surface area contributed by atoms with Crippen LogP contribution in [-0.2, 0) is 0 Å². The van der Waals surface area contributed by atoms with E-state index in [9.17, 15) is 0 Å². The van der Waals surface area contributed by atoms with E-state index in [-0.39, 0.29) is 0 Å². The van der Waals surface area contributed by atoms with Gasteiger partial charge in [-0.3, -0.25) is 9.97 Å². The van der Waals surface area contributed by atoms with Crippen molar-refractivity contribution < 1.29 is 0 Å². The monoisotopic (exact) mass is 657 g/mol. The van der Waals surface area contributed by atoms with Crippen LogP contribution >= 0.6 is 11.3 Å². The topological polar surface area (TPSA) is 56.5 Å². The van der Waals surface area contributed by atoms with Gasteiger partial charge in [0.25, 0.3) is 0 Å². The van der Waals surface area contributed by atoms with Crippen molar-refractivity contribution in [3.63, 3.8) is 0 Å². The first kappa shape index (κ1) is 28.5. The molecule has 0 saturated carbocycles. The van der Waals surface area contributed by atoms with Gasteiger partial charge in [-0.2, -0.15) is 0 Å². The van der Waals surface area contributed by atoms with Crippen LogP contribution in [0, 0.1) is 0 Å². The molecule has 4 aromatic carbocycles. The Morgan fingerprint density at radius 2 is 1.12 bits per heavy atom. The molecule has 50 heavy (non-hydrogen) atoms. The lowest BCUT2D eigenvalue weighted by Gasteiger charge is -2.12. The van der Waals surface area contributed by atoms with Gasteiger partial charge in [0.1, 0.15) is 0 Å². The highest BCUT2D eigenvalue weighted by atomic mass is 32.1. The van der Waals surface area contributed by atoms with Gasteiger partial charge in [-0.1, -0.05) is 66.7 Å². The molecule has 0 fully saturated rings. The van der Waals surface area contributed by atoms with Gasteiger partial charge in [-0.15, -0.1) is 11.3 Å². The minimum Gasteiger partial charge on any atom is -0.308 e. The van der Waals surface area contributed by atoms with Crippen molar-refractivity contribution in [1.29, 1.82) is 0 Å². The lowest BCUT2D eigenvalue weighted by Crippen LogP contribution is -1.95. The lowest BCUT2D eigenvalue weighted by molar-refractivity contribution is 1.18. The Balaban J connectivity index is 1.15. The summed E-state index contributed by atoms with van der Waals surface area (Å²) in [7, 11) is 0. The Hall–Kier alpha value is -6.50. The molecule has 5 nitrogen and oxygen atoms in total. The van der Waals surface area contributed by atoms with E-state index in [4.69, 9.17) is 9.97 Å². The second-order valence-corrected chi connectivity index (χ2v) is 13.5. The molecule has 0 N–H and O–H groups in total. The summed E-state index contributed by atoms with van der Waals surface area (Å²) in [5.74, 6) is 0. The highest BCUT2D eigenvalue weighted by Crippen LogP contribution is 2.41. The number of hydrogen-bond donors (Lipinski definition) is 0. The van der Waals surface area contributed by atoms with Crippen LogP contribution in [0.3, 0.4) is 0 Å². The standard InChI is InChI=1S/C44H27N5S/c1-2-8-28(9-3-1)37-18-19-40-44(48-37)36-24-35-34-12-4-5-13-42(34)50-43(35)25-41(36)49(40)33-16-14-29(15-17-33)38-22-32(30-10-6-20-45-26-30)23-39(47-38)31-11-7-21-46-27-31/h1-27H. The van der Waals surface area contributed by atoms with E-state index in [0.717, 1.165) is 72.5 Å². The van der Waals surface area contributed by atoms with E-state index in [1.807, 2.05) is 48.0 Å². The van der Waals surface area contributed by atoms with E-state index >= 15 is 0 Å². The molecule has 0 amide bonds. The second-order valence-electron chi connectivity index (χ2n) is 12.4. The van der Waals surface area contributed by atoms with Crippen LogP contribution in [0.25, 0.3) is 92.7 Å². The van der Waals surface area contributed by atoms with Gasteiger partial charge < -0.3 is 4.57 Å². The predicted molar refractivity (Wildman–Crippen MR) is 207 cm³/mol. The maximum absolute atomic E-state index is 5.30. The van der Waals surface area contributed by atoms with E-state index in [0.29, 0.717) is 0 Å². The summed E-state index contributed by atoms with van der Waals surface area (Å²) in [6.45, 7) is 0. The molecular formula is C44H27N5S. The Kier molecular flexibility index (Phi) is 6.60. The average Bonchev–Trinajstić information content (AvgIpc) is 3.72. The van der Waals surface area contributed by atoms with E-state index in [2.05, 4.69) is 130 Å². The molecule has 0 unspecified atom stereocenters. The third-order valence-corrected chi connectivity index (χ3v) is 10.5. The van der Waals surface area contributed by atoms with Crippen LogP contribution in [0.5, 0.6) is 0 Å². The zero-order chi connectivity index (χ0) is 33.0. The number of hydrogen-bond acceptors (Lipinski definition) is 5. The SMILES string of the molecule is c1ccc(-c2ccc3c(n2)c2cc4c(cc2n3-c2ccc(-c3cc(-c5cccnc5)cc(-c5cccnc5)n3)cc2)sc2ccccc24)cc1. The lowest BCUT2D eigenvalue weighted by atomic mass is 10.0. The summed E-state index contributed by atoms with van der Waals surface area (Å²) in [4.78, 5) is 19.1. The van der Waals surface area contributed by atoms with E-state index < -0.39 is 0 Å². The second kappa shape index (κ2) is 11.6. The van der Waals surface area contributed by atoms with Crippen molar-refractivity contribution >= 4 is 53.4 Å². The predicted octanol–water partition coefficient (Wildman–Crippen LogP) is 11.4. The summed E-state index contributed by atoms with van der Waals surface area (Å²) in [6, 6.07) is 49.1. The quantitative estimate of drug-likeness (QED) is 0.185. The highest BCUT2D eigenvalue weighted by Gasteiger charge is 2.18. The third kappa shape index (κ3) is 4.77.